The predicted octanol–water partition coefficient (Wildman–Crippen LogP) is 8.21. The van der Waals surface area contributed by atoms with Crippen molar-refractivity contribution in [3.05, 3.63) is 102 Å². The molecule has 5 nitrogen and oxygen atoms in total. The van der Waals surface area contributed by atoms with Crippen molar-refractivity contribution in [1.29, 1.82) is 0 Å². The van der Waals surface area contributed by atoms with Gasteiger partial charge in [-0.15, -0.1) is 11.8 Å². The number of rotatable bonds is 9. The number of nitrogens with zero attached hydrogens (tertiary/aromatic N) is 1. The Bertz CT molecular complexity index is 1250. The van der Waals surface area contributed by atoms with Gasteiger partial charge in [-0.05, 0) is 48.0 Å². The Morgan fingerprint density at radius 2 is 1.50 bits per heavy atom. The lowest BCUT2D eigenvalue weighted by Crippen LogP contribution is -2.51. The van der Waals surface area contributed by atoms with Crippen LogP contribution in [-0.4, -0.2) is 42.1 Å². The summed E-state index contributed by atoms with van der Waals surface area (Å²) < 4.78 is 13.0. The SMILES string of the molecule is CS[C@@H]([C@H](O)c1cccc(O[Si](C)(C)C(C)(C)C)c1)N1C(=O)OC(c2ccccc2)(c2ccccc2)[C@@H]1C(C)C. The van der Waals surface area contributed by atoms with Gasteiger partial charge < -0.3 is 14.3 Å². The van der Waals surface area contributed by atoms with Crippen LogP contribution in [0.5, 0.6) is 5.75 Å². The largest absolute Gasteiger partial charge is 0.543 e. The Kier molecular flexibility index (Phi) is 8.79. The summed E-state index contributed by atoms with van der Waals surface area (Å²) in [6.07, 6.45) is 0.548. The van der Waals surface area contributed by atoms with Crippen LogP contribution >= 0.6 is 11.8 Å². The number of carbonyl (C=O) groups excluding carboxylic acids is 1. The van der Waals surface area contributed by atoms with Gasteiger partial charge in [0.05, 0.1) is 6.04 Å². The van der Waals surface area contributed by atoms with Crippen LogP contribution in [0.4, 0.5) is 4.79 Å². The van der Waals surface area contributed by atoms with Gasteiger partial charge in [0.25, 0.3) is 0 Å². The van der Waals surface area contributed by atoms with Crippen molar-refractivity contribution in [3.63, 3.8) is 0 Å². The third kappa shape index (κ3) is 5.56. The molecular formula is C33H43NO4SSi. The van der Waals surface area contributed by atoms with E-state index in [9.17, 15) is 9.90 Å². The molecule has 1 N–H and O–H groups in total. The second-order valence-electron chi connectivity index (χ2n) is 12.4. The van der Waals surface area contributed by atoms with Crippen LogP contribution in [-0.2, 0) is 10.3 Å². The number of benzene rings is 3. The second kappa shape index (κ2) is 11.6. The first-order valence-electron chi connectivity index (χ1n) is 14.0. The smallest absolute Gasteiger partial charge is 0.412 e. The number of cyclic esters (lactones) is 1. The van der Waals surface area contributed by atoms with E-state index < -0.39 is 31.5 Å². The maximum atomic E-state index is 13.9. The van der Waals surface area contributed by atoms with Crippen LogP contribution in [0, 0.1) is 5.92 Å². The van der Waals surface area contributed by atoms with Gasteiger partial charge in [0.15, 0.2) is 5.60 Å². The minimum Gasteiger partial charge on any atom is -0.543 e. The molecule has 1 aliphatic rings. The van der Waals surface area contributed by atoms with E-state index in [0.717, 1.165) is 16.9 Å². The van der Waals surface area contributed by atoms with Crippen LogP contribution < -0.4 is 4.43 Å². The summed E-state index contributed by atoms with van der Waals surface area (Å²) in [5.41, 5.74) is 1.52. The Morgan fingerprint density at radius 3 is 1.98 bits per heavy atom. The first kappa shape index (κ1) is 30.2. The first-order valence-corrected chi connectivity index (χ1v) is 18.2. The minimum atomic E-state index is -2.07. The highest BCUT2D eigenvalue weighted by atomic mass is 32.2. The van der Waals surface area contributed by atoms with E-state index in [4.69, 9.17) is 9.16 Å². The van der Waals surface area contributed by atoms with Gasteiger partial charge in [0, 0.05) is 11.1 Å². The maximum Gasteiger partial charge on any atom is 0.412 e. The Morgan fingerprint density at radius 1 is 0.950 bits per heavy atom. The van der Waals surface area contributed by atoms with E-state index in [0.29, 0.717) is 5.56 Å². The molecule has 1 amide bonds. The van der Waals surface area contributed by atoms with Crippen LogP contribution in [0.25, 0.3) is 0 Å². The zero-order valence-electron chi connectivity index (χ0n) is 24.9. The van der Waals surface area contributed by atoms with Gasteiger partial charge in [-0.3, -0.25) is 4.90 Å². The topological polar surface area (TPSA) is 59.0 Å². The van der Waals surface area contributed by atoms with E-state index in [-0.39, 0.29) is 17.0 Å². The Labute approximate surface area is 245 Å². The fraction of sp³-hybridized carbons (Fsp3) is 0.424. The molecule has 40 heavy (non-hydrogen) atoms. The molecule has 0 aromatic heterocycles. The maximum absolute atomic E-state index is 13.9. The normalized spacial score (nSPS) is 18.9. The average molecular weight is 578 g/mol. The van der Waals surface area contributed by atoms with Crippen molar-refractivity contribution in [2.24, 2.45) is 5.92 Å². The third-order valence-corrected chi connectivity index (χ3v) is 13.7. The predicted molar refractivity (Wildman–Crippen MR) is 167 cm³/mol. The van der Waals surface area contributed by atoms with Crippen LogP contribution in [0.3, 0.4) is 0 Å². The number of aliphatic hydroxyl groups excluding tert-OH is 1. The molecule has 0 aliphatic carbocycles. The lowest BCUT2D eigenvalue weighted by molar-refractivity contribution is 0.0479. The molecule has 3 aromatic rings. The molecule has 214 valence electrons. The molecule has 0 radical (unpaired) electrons. The van der Waals surface area contributed by atoms with Gasteiger partial charge in [-0.25, -0.2) is 4.79 Å². The summed E-state index contributed by atoms with van der Waals surface area (Å²) in [5.74, 6) is 0.775. The molecule has 3 atom stereocenters. The lowest BCUT2D eigenvalue weighted by Gasteiger charge is -2.41. The van der Waals surface area contributed by atoms with Crippen molar-refractivity contribution >= 4 is 26.2 Å². The quantitative estimate of drug-likeness (QED) is 0.260. The Hall–Kier alpha value is -2.74. The minimum absolute atomic E-state index is 0.0296. The van der Waals surface area contributed by atoms with Crippen molar-refractivity contribution in [3.8, 4) is 5.75 Å². The molecule has 7 heteroatoms. The summed E-state index contributed by atoms with van der Waals surface area (Å²) >= 11 is 1.45. The molecule has 1 saturated heterocycles. The first-order chi connectivity index (χ1) is 18.8. The molecule has 0 bridgehead atoms. The zero-order valence-corrected chi connectivity index (χ0v) is 26.7. The van der Waals surface area contributed by atoms with Gasteiger partial charge >= 0.3 is 6.09 Å². The molecule has 0 unspecified atom stereocenters. The molecular weight excluding hydrogens is 535 g/mol. The van der Waals surface area contributed by atoms with E-state index in [2.05, 4.69) is 47.7 Å². The fourth-order valence-electron chi connectivity index (χ4n) is 5.38. The van der Waals surface area contributed by atoms with Gasteiger partial charge in [-0.2, -0.15) is 0 Å². The highest BCUT2D eigenvalue weighted by Gasteiger charge is 2.59. The van der Waals surface area contributed by atoms with Gasteiger partial charge in [0.1, 0.15) is 17.2 Å². The number of amides is 1. The van der Waals surface area contributed by atoms with Crippen LogP contribution in [0.2, 0.25) is 18.1 Å². The van der Waals surface area contributed by atoms with Gasteiger partial charge in [-0.1, -0.05) is 107 Å². The molecule has 1 heterocycles. The molecule has 1 aliphatic heterocycles. The van der Waals surface area contributed by atoms with Crippen LogP contribution in [0.15, 0.2) is 84.9 Å². The number of aliphatic hydroxyl groups is 1. The van der Waals surface area contributed by atoms with E-state index in [1.807, 2.05) is 91.2 Å². The molecule has 3 aromatic carbocycles. The summed E-state index contributed by atoms with van der Waals surface area (Å²) in [5, 5.41) is 11.3. The summed E-state index contributed by atoms with van der Waals surface area (Å²) in [7, 11) is -2.07. The van der Waals surface area contributed by atoms with E-state index in [1.165, 1.54) is 11.8 Å². The van der Waals surface area contributed by atoms with Crippen LogP contribution in [0.1, 0.15) is 57.4 Å². The third-order valence-electron chi connectivity index (χ3n) is 8.38. The van der Waals surface area contributed by atoms with Crippen molar-refractivity contribution in [2.75, 3.05) is 6.26 Å². The zero-order chi connectivity index (χ0) is 29.3. The van der Waals surface area contributed by atoms with E-state index >= 15 is 0 Å². The average Bonchev–Trinajstić information content (AvgIpc) is 3.23. The molecule has 1 fully saturated rings. The van der Waals surface area contributed by atoms with E-state index in [1.54, 1.807) is 4.90 Å². The van der Waals surface area contributed by atoms with Crippen molar-refractivity contribution < 1.29 is 19.1 Å². The second-order valence-corrected chi connectivity index (χ2v) is 18.1. The number of hydrogen-bond acceptors (Lipinski definition) is 5. The number of ether oxygens (including phenoxy) is 1. The number of carbonyl (C=O) groups is 1. The monoisotopic (exact) mass is 577 g/mol. The summed E-state index contributed by atoms with van der Waals surface area (Å²) in [4.78, 5) is 15.7. The highest BCUT2D eigenvalue weighted by molar-refractivity contribution is 7.99. The van der Waals surface area contributed by atoms with Gasteiger partial charge in [0.2, 0.25) is 8.32 Å². The Balaban J connectivity index is 1.77. The summed E-state index contributed by atoms with van der Waals surface area (Å²) in [6, 6.07) is 27.2. The fourth-order valence-corrected chi connectivity index (χ4v) is 7.26. The summed E-state index contributed by atoms with van der Waals surface area (Å²) in [6.45, 7) is 15.3. The molecule has 0 spiro atoms. The number of hydrogen-bond donors (Lipinski definition) is 1. The van der Waals surface area contributed by atoms with Crippen molar-refractivity contribution in [1.82, 2.24) is 4.90 Å². The highest BCUT2D eigenvalue weighted by Crippen LogP contribution is 2.50. The van der Waals surface area contributed by atoms with Crippen molar-refractivity contribution in [2.45, 2.75) is 75.9 Å². The standard InChI is InChI=1S/C33H43NO4SSi/c1-23(2)29-33(25-17-11-9-12-18-25,26-19-13-10-14-20-26)37-31(36)34(29)30(39-6)28(35)24-16-15-21-27(22-24)38-40(7,8)32(3,4)5/h9-23,28-30,35H,1-8H3/t28-,29+,30+/m1/s1. The lowest BCUT2D eigenvalue weighted by atomic mass is 9.75. The molecule has 0 saturated carbocycles. The number of thioether (sulfide) groups is 1. The molecule has 4 rings (SSSR count).